The molecule has 0 radical (unpaired) electrons. The SMILES string of the molecule is COc1cc2nc(N)n3nc([C@@H]4CC[C@H](C)N(c5cnn(CC(C)(O)CO)c5)C4)nc3c2cc1F. The van der Waals surface area contributed by atoms with Gasteiger partial charge in [0.2, 0.25) is 5.95 Å². The van der Waals surface area contributed by atoms with E-state index in [0.717, 1.165) is 18.5 Å². The van der Waals surface area contributed by atoms with Crippen LogP contribution in [0, 0.1) is 5.82 Å². The number of ether oxygens (including phenoxy) is 1. The first kappa shape index (κ1) is 23.2. The molecule has 3 aromatic heterocycles. The fourth-order valence-electron chi connectivity index (χ4n) is 4.64. The Kier molecular flexibility index (Phi) is 5.72. The molecule has 0 spiro atoms. The molecule has 4 heterocycles. The zero-order chi connectivity index (χ0) is 24.9. The van der Waals surface area contributed by atoms with Crippen molar-refractivity contribution in [2.75, 3.05) is 30.9 Å². The minimum absolute atomic E-state index is 0.0209. The van der Waals surface area contributed by atoms with Crippen LogP contribution in [0.15, 0.2) is 24.5 Å². The van der Waals surface area contributed by atoms with Crippen LogP contribution in [0.25, 0.3) is 16.6 Å². The first-order chi connectivity index (χ1) is 16.7. The number of fused-ring (bicyclic) bond motifs is 3. The number of nitrogen functional groups attached to an aromatic ring is 1. The highest BCUT2D eigenvalue weighted by molar-refractivity contribution is 5.93. The second kappa shape index (κ2) is 8.61. The predicted molar refractivity (Wildman–Crippen MR) is 128 cm³/mol. The molecule has 4 aromatic rings. The van der Waals surface area contributed by atoms with Gasteiger partial charge in [-0.15, -0.1) is 5.10 Å². The van der Waals surface area contributed by atoms with Gasteiger partial charge in [-0.05, 0) is 32.8 Å². The van der Waals surface area contributed by atoms with E-state index in [2.05, 4.69) is 27.0 Å². The average molecular weight is 485 g/mol. The fraction of sp³-hybridized carbons (Fsp3) is 0.478. The van der Waals surface area contributed by atoms with Crippen molar-refractivity contribution in [1.29, 1.82) is 0 Å². The number of hydrogen-bond acceptors (Lipinski definition) is 9. The van der Waals surface area contributed by atoms with Gasteiger partial charge in [0.15, 0.2) is 23.0 Å². The van der Waals surface area contributed by atoms with Crippen LogP contribution in [0.3, 0.4) is 0 Å². The highest BCUT2D eigenvalue weighted by Gasteiger charge is 2.31. The van der Waals surface area contributed by atoms with Gasteiger partial charge in [-0.25, -0.2) is 14.4 Å². The van der Waals surface area contributed by atoms with E-state index in [1.807, 2.05) is 6.20 Å². The van der Waals surface area contributed by atoms with Crippen LogP contribution in [-0.2, 0) is 6.54 Å². The first-order valence-corrected chi connectivity index (χ1v) is 11.5. The van der Waals surface area contributed by atoms with E-state index in [1.54, 1.807) is 17.8 Å². The molecular formula is C23H29FN8O3. The van der Waals surface area contributed by atoms with Gasteiger partial charge in [0, 0.05) is 36.2 Å². The van der Waals surface area contributed by atoms with Gasteiger partial charge in [0.1, 0.15) is 5.60 Å². The summed E-state index contributed by atoms with van der Waals surface area (Å²) in [6, 6.07) is 3.12. The molecule has 1 unspecified atom stereocenters. The summed E-state index contributed by atoms with van der Waals surface area (Å²) in [4.78, 5) is 11.4. The molecule has 1 aliphatic heterocycles. The standard InChI is InChI=1S/C23H29FN8O3/c1-13-4-5-14(9-31(13)15-8-26-30(10-15)11-23(2,34)12-33)20-28-21-16-6-17(24)19(35-3)7-18(16)27-22(25)32(21)29-20/h6-8,10,13-14,33-34H,4-5,9,11-12H2,1-3H3,(H2,25,27)/t13-,14+,23?/m0/s1. The lowest BCUT2D eigenvalue weighted by molar-refractivity contribution is -0.0145. The van der Waals surface area contributed by atoms with Gasteiger partial charge in [-0.3, -0.25) is 4.68 Å². The van der Waals surface area contributed by atoms with Gasteiger partial charge >= 0.3 is 0 Å². The zero-order valence-corrected chi connectivity index (χ0v) is 19.9. The van der Waals surface area contributed by atoms with Crippen molar-refractivity contribution in [3.05, 3.63) is 36.2 Å². The molecule has 12 heteroatoms. The molecule has 1 aliphatic rings. The molecule has 5 rings (SSSR count). The first-order valence-electron chi connectivity index (χ1n) is 11.5. The van der Waals surface area contributed by atoms with Crippen molar-refractivity contribution in [1.82, 2.24) is 29.4 Å². The maximum Gasteiger partial charge on any atom is 0.223 e. The largest absolute Gasteiger partial charge is 0.494 e. The van der Waals surface area contributed by atoms with E-state index in [1.165, 1.54) is 23.8 Å². The van der Waals surface area contributed by atoms with Crippen molar-refractivity contribution in [3.63, 3.8) is 0 Å². The fourth-order valence-corrected chi connectivity index (χ4v) is 4.64. The van der Waals surface area contributed by atoms with Gasteiger partial charge < -0.3 is 25.6 Å². The second-order valence-corrected chi connectivity index (χ2v) is 9.51. The highest BCUT2D eigenvalue weighted by Crippen LogP contribution is 2.34. The molecule has 186 valence electrons. The maximum absolute atomic E-state index is 14.4. The number of nitrogens with zero attached hydrogens (tertiary/aromatic N) is 7. The third kappa shape index (κ3) is 4.23. The summed E-state index contributed by atoms with van der Waals surface area (Å²) < 4.78 is 22.6. The number of benzene rings is 1. The summed E-state index contributed by atoms with van der Waals surface area (Å²) in [5.41, 5.74) is 6.76. The minimum atomic E-state index is -1.25. The van der Waals surface area contributed by atoms with Crippen molar-refractivity contribution in [2.24, 2.45) is 0 Å². The average Bonchev–Trinajstić information content (AvgIpc) is 3.47. The number of nitrogens with two attached hydrogens (primary N) is 1. The number of halogens is 1. The van der Waals surface area contributed by atoms with Crippen LogP contribution >= 0.6 is 0 Å². The summed E-state index contributed by atoms with van der Waals surface area (Å²) in [5.74, 6) is 0.389. The normalized spacial score (nSPS) is 20.5. The maximum atomic E-state index is 14.4. The molecule has 0 aliphatic carbocycles. The van der Waals surface area contributed by atoms with Crippen molar-refractivity contribution in [2.45, 2.75) is 50.8 Å². The number of anilines is 2. The third-order valence-electron chi connectivity index (χ3n) is 6.63. The summed E-state index contributed by atoms with van der Waals surface area (Å²) in [5, 5.41) is 29.0. The van der Waals surface area contributed by atoms with Crippen molar-refractivity contribution in [3.8, 4) is 5.75 Å². The van der Waals surface area contributed by atoms with Gasteiger partial charge in [0.25, 0.3) is 0 Å². The number of aliphatic hydroxyl groups is 2. The number of rotatable bonds is 6. The molecule has 0 saturated carbocycles. The Labute approximate surface area is 200 Å². The lowest BCUT2D eigenvalue weighted by Gasteiger charge is -2.37. The summed E-state index contributed by atoms with van der Waals surface area (Å²) in [7, 11) is 1.40. The van der Waals surface area contributed by atoms with E-state index in [0.29, 0.717) is 28.9 Å². The van der Waals surface area contributed by atoms with Gasteiger partial charge in [-0.1, -0.05) is 0 Å². The predicted octanol–water partition coefficient (Wildman–Crippen LogP) is 1.72. The molecule has 1 fully saturated rings. The Morgan fingerprint density at radius 3 is 2.83 bits per heavy atom. The molecule has 11 nitrogen and oxygen atoms in total. The monoisotopic (exact) mass is 484 g/mol. The highest BCUT2D eigenvalue weighted by atomic mass is 19.1. The zero-order valence-electron chi connectivity index (χ0n) is 19.9. The van der Waals surface area contributed by atoms with E-state index in [9.17, 15) is 14.6 Å². The molecule has 0 amide bonds. The molecule has 4 N–H and O–H groups in total. The number of hydrogen-bond donors (Lipinski definition) is 3. The number of methoxy groups -OCH3 is 1. The number of aliphatic hydroxyl groups excluding tert-OH is 1. The van der Waals surface area contributed by atoms with Crippen molar-refractivity contribution < 1.29 is 19.3 Å². The molecule has 3 atom stereocenters. The van der Waals surface area contributed by atoms with Crippen LogP contribution in [0.2, 0.25) is 0 Å². The molecule has 0 bridgehead atoms. The molecular weight excluding hydrogens is 455 g/mol. The van der Waals surface area contributed by atoms with Crippen LogP contribution in [0.1, 0.15) is 38.4 Å². The smallest absolute Gasteiger partial charge is 0.223 e. The molecule has 1 aromatic carbocycles. The topological polar surface area (TPSA) is 140 Å². The Morgan fingerprint density at radius 1 is 1.29 bits per heavy atom. The summed E-state index contributed by atoms with van der Waals surface area (Å²) in [6.45, 7) is 4.21. The van der Waals surface area contributed by atoms with Crippen LogP contribution < -0.4 is 15.4 Å². The third-order valence-corrected chi connectivity index (χ3v) is 6.63. The number of aromatic nitrogens is 6. The van der Waals surface area contributed by atoms with E-state index in [4.69, 9.17) is 15.5 Å². The van der Waals surface area contributed by atoms with E-state index < -0.39 is 11.4 Å². The Hall–Kier alpha value is -3.51. The van der Waals surface area contributed by atoms with Gasteiger partial charge in [-0.2, -0.15) is 9.61 Å². The second-order valence-electron chi connectivity index (χ2n) is 9.51. The van der Waals surface area contributed by atoms with Crippen LogP contribution in [-0.4, -0.2) is 71.5 Å². The summed E-state index contributed by atoms with van der Waals surface area (Å²) in [6.07, 6.45) is 5.43. The van der Waals surface area contributed by atoms with Crippen LogP contribution in [0.5, 0.6) is 5.75 Å². The van der Waals surface area contributed by atoms with Crippen LogP contribution in [0.4, 0.5) is 16.0 Å². The van der Waals surface area contributed by atoms with Crippen molar-refractivity contribution >= 4 is 28.2 Å². The Morgan fingerprint density at radius 2 is 2.09 bits per heavy atom. The summed E-state index contributed by atoms with van der Waals surface area (Å²) >= 11 is 0. The van der Waals surface area contributed by atoms with E-state index >= 15 is 0 Å². The van der Waals surface area contributed by atoms with Gasteiger partial charge in [0.05, 0.1) is 37.7 Å². The lowest BCUT2D eigenvalue weighted by atomic mass is 9.92. The van der Waals surface area contributed by atoms with E-state index in [-0.39, 0.29) is 36.8 Å². The quantitative estimate of drug-likeness (QED) is 0.373. The minimum Gasteiger partial charge on any atom is -0.494 e. The Bertz CT molecular complexity index is 1380. The number of piperidine rings is 1. The Balaban J connectivity index is 1.46. The molecule has 1 saturated heterocycles. The lowest BCUT2D eigenvalue weighted by Crippen LogP contribution is -2.41. The molecule has 35 heavy (non-hydrogen) atoms.